The van der Waals surface area contributed by atoms with Gasteiger partial charge in [0.1, 0.15) is 5.82 Å². The number of hydrogen-bond donors (Lipinski definition) is 0. The minimum Gasteiger partial charge on any atom is -0.247 e. The second kappa shape index (κ2) is 7.27. The average molecular weight is 352 g/mol. The standard InChI is InChI=1S/C16H15ClFN3O3/c1-3-7-19-14(22)20(8-4-2)16(24)21(15(19)23)10-11-5-6-12(18)9-13(11)17/h3-6,9H,1-2,7-8,10H2. The molecule has 0 aliphatic carbocycles. The Kier molecular flexibility index (Phi) is 5.35. The van der Waals surface area contributed by atoms with Crippen LogP contribution in [0.15, 0.2) is 57.9 Å². The van der Waals surface area contributed by atoms with Crippen LogP contribution in [0.4, 0.5) is 4.39 Å². The lowest BCUT2D eigenvalue weighted by Crippen LogP contribution is -2.54. The minimum atomic E-state index is -0.786. The molecule has 0 bridgehead atoms. The quantitative estimate of drug-likeness (QED) is 0.739. The largest absolute Gasteiger partial charge is 0.336 e. The van der Waals surface area contributed by atoms with Crippen molar-refractivity contribution in [2.24, 2.45) is 0 Å². The summed E-state index contributed by atoms with van der Waals surface area (Å²) >= 11 is 5.95. The van der Waals surface area contributed by atoms with Crippen molar-refractivity contribution in [1.82, 2.24) is 13.7 Å². The van der Waals surface area contributed by atoms with Gasteiger partial charge in [0.2, 0.25) is 0 Å². The van der Waals surface area contributed by atoms with Crippen molar-refractivity contribution in [2.75, 3.05) is 0 Å². The van der Waals surface area contributed by atoms with E-state index < -0.39 is 22.9 Å². The highest BCUT2D eigenvalue weighted by Crippen LogP contribution is 2.17. The molecule has 0 amide bonds. The Bertz CT molecular complexity index is 924. The van der Waals surface area contributed by atoms with Crippen molar-refractivity contribution in [3.8, 4) is 0 Å². The first-order chi connectivity index (χ1) is 11.4. The molecule has 0 saturated carbocycles. The minimum absolute atomic E-state index is 0.0494. The topological polar surface area (TPSA) is 66.0 Å². The van der Waals surface area contributed by atoms with Gasteiger partial charge >= 0.3 is 17.1 Å². The first-order valence-corrected chi connectivity index (χ1v) is 7.38. The molecule has 1 aromatic heterocycles. The van der Waals surface area contributed by atoms with E-state index in [2.05, 4.69) is 13.2 Å². The zero-order chi connectivity index (χ0) is 17.9. The maximum atomic E-state index is 13.1. The van der Waals surface area contributed by atoms with Crippen molar-refractivity contribution in [3.05, 3.63) is 91.4 Å². The second-order valence-corrected chi connectivity index (χ2v) is 5.38. The number of rotatable bonds is 6. The highest BCUT2D eigenvalue weighted by Gasteiger charge is 2.15. The Morgan fingerprint density at radius 1 is 0.958 bits per heavy atom. The Balaban J connectivity index is 2.70. The molecule has 0 saturated heterocycles. The molecule has 0 fully saturated rings. The predicted molar refractivity (Wildman–Crippen MR) is 90.1 cm³/mol. The van der Waals surface area contributed by atoms with Crippen LogP contribution in [-0.4, -0.2) is 13.7 Å². The number of allylic oxidation sites excluding steroid dienone is 2. The molecule has 2 rings (SSSR count). The van der Waals surface area contributed by atoms with E-state index in [9.17, 15) is 18.8 Å². The van der Waals surface area contributed by atoms with E-state index in [-0.39, 0.29) is 24.7 Å². The van der Waals surface area contributed by atoms with Crippen LogP contribution >= 0.6 is 11.6 Å². The van der Waals surface area contributed by atoms with Crippen LogP contribution in [0, 0.1) is 5.82 Å². The Labute approximate surface area is 141 Å². The molecule has 0 unspecified atom stereocenters. The van der Waals surface area contributed by atoms with Gasteiger partial charge in [-0.15, -0.1) is 13.2 Å². The highest BCUT2D eigenvalue weighted by atomic mass is 35.5. The first kappa shape index (κ1) is 17.7. The molecule has 1 aromatic carbocycles. The summed E-state index contributed by atoms with van der Waals surface area (Å²) in [6.45, 7) is 6.70. The molecule has 0 aliphatic heterocycles. The van der Waals surface area contributed by atoms with Crippen LogP contribution in [-0.2, 0) is 19.6 Å². The fourth-order valence-corrected chi connectivity index (χ4v) is 2.44. The molecular formula is C16H15ClFN3O3. The molecule has 126 valence electrons. The van der Waals surface area contributed by atoms with Crippen LogP contribution in [0.3, 0.4) is 0 Å². The third-order valence-corrected chi connectivity index (χ3v) is 3.70. The summed E-state index contributed by atoms with van der Waals surface area (Å²) in [5.74, 6) is -0.531. The summed E-state index contributed by atoms with van der Waals surface area (Å²) in [4.78, 5) is 37.2. The lowest BCUT2D eigenvalue weighted by molar-refractivity contribution is 0.498. The molecule has 0 aliphatic rings. The predicted octanol–water partition coefficient (Wildman–Crippen LogP) is 1.38. The van der Waals surface area contributed by atoms with Gasteiger partial charge in [-0.3, -0.25) is 0 Å². The molecule has 2 aromatic rings. The van der Waals surface area contributed by atoms with Crippen molar-refractivity contribution >= 4 is 11.6 Å². The third kappa shape index (κ3) is 3.30. The molecule has 0 spiro atoms. The molecular weight excluding hydrogens is 337 g/mol. The van der Waals surface area contributed by atoms with E-state index in [0.29, 0.717) is 5.56 Å². The maximum Gasteiger partial charge on any atom is 0.336 e. The zero-order valence-electron chi connectivity index (χ0n) is 12.7. The van der Waals surface area contributed by atoms with Crippen molar-refractivity contribution < 1.29 is 4.39 Å². The number of halogens is 2. The van der Waals surface area contributed by atoms with E-state index in [0.717, 1.165) is 19.8 Å². The van der Waals surface area contributed by atoms with Gasteiger partial charge in [-0.05, 0) is 17.7 Å². The second-order valence-electron chi connectivity index (χ2n) is 4.97. The summed E-state index contributed by atoms with van der Waals surface area (Å²) in [5.41, 5.74) is -1.94. The van der Waals surface area contributed by atoms with E-state index in [1.807, 2.05) is 0 Å². The molecule has 1 heterocycles. The maximum absolute atomic E-state index is 13.1. The van der Waals surface area contributed by atoms with E-state index in [1.54, 1.807) is 0 Å². The summed E-state index contributed by atoms with van der Waals surface area (Å²) in [5, 5.41) is 0.0815. The van der Waals surface area contributed by atoms with Crippen molar-refractivity contribution in [2.45, 2.75) is 19.6 Å². The van der Waals surface area contributed by atoms with Gasteiger partial charge in [0.15, 0.2) is 0 Å². The van der Waals surface area contributed by atoms with Crippen LogP contribution in [0.25, 0.3) is 0 Å². The normalized spacial score (nSPS) is 10.6. The van der Waals surface area contributed by atoms with Crippen LogP contribution < -0.4 is 17.1 Å². The van der Waals surface area contributed by atoms with E-state index in [1.165, 1.54) is 24.3 Å². The summed E-state index contributed by atoms with van der Waals surface area (Å²) in [6, 6.07) is 3.64. The summed E-state index contributed by atoms with van der Waals surface area (Å²) < 4.78 is 15.8. The molecule has 0 radical (unpaired) electrons. The molecule has 0 atom stereocenters. The summed E-state index contributed by atoms with van der Waals surface area (Å²) in [6.07, 6.45) is 2.75. The van der Waals surface area contributed by atoms with Crippen LogP contribution in [0.5, 0.6) is 0 Å². The van der Waals surface area contributed by atoms with Crippen LogP contribution in [0.2, 0.25) is 5.02 Å². The molecule has 6 nitrogen and oxygen atoms in total. The summed E-state index contributed by atoms with van der Waals surface area (Å²) in [7, 11) is 0. The fourth-order valence-electron chi connectivity index (χ4n) is 2.21. The van der Waals surface area contributed by atoms with Gasteiger partial charge in [0.25, 0.3) is 0 Å². The van der Waals surface area contributed by atoms with Gasteiger partial charge in [-0.25, -0.2) is 32.5 Å². The molecule has 24 heavy (non-hydrogen) atoms. The number of aromatic nitrogens is 3. The number of benzene rings is 1. The van der Waals surface area contributed by atoms with Crippen molar-refractivity contribution in [1.29, 1.82) is 0 Å². The smallest absolute Gasteiger partial charge is 0.247 e. The highest BCUT2D eigenvalue weighted by molar-refractivity contribution is 6.31. The Morgan fingerprint density at radius 3 is 1.92 bits per heavy atom. The van der Waals surface area contributed by atoms with Gasteiger partial charge in [-0.2, -0.15) is 0 Å². The fraction of sp³-hybridized carbons (Fsp3) is 0.188. The third-order valence-electron chi connectivity index (χ3n) is 3.35. The van der Waals surface area contributed by atoms with Gasteiger partial charge in [0.05, 0.1) is 19.6 Å². The first-order valence-electron chi connectivity index (χ1n) is 7.01. The molecule has 8 heteroatoms. The lowest BCUT2D eigenvalue weighted by atomic mass is 10.2. The SMILES string of the molecule is C=CCn1c(=O)n(CC=C)c(=O)n(Cc2ccc(F)cc2Cl)c1=O. The monoisotopic (exact) mass is 351 g/mol. The van der Waals surface area contributed by atoms with Crippen LogP contribution in [0.1, 0.15) is 5.56 Å². The molecule has 0 N–H and O–H groups in total. The lowest BCUT2D eigenvalue weighted by Gasteiger charge is -2.13. The Morgan fingerprint density at radius 2 is 1.46 bits per heavy atom. The van der Waals surface area contributed by atoms with Gasteiger partial charge < -0.3 is 0 Å². The Hall–Kier alpha value is -2.67. The number of hydrogen-bond acceptors (Lipinski definition) is 3. The van der Waals surface area contributed by atoms with E-state index >= 15 is 0 Å². The zero-order valence-corrected chi connectivity index (χ0v) is 13.5. The van der Waals surface area contributed by atoms with E-state index in [4.69, 9.17) is 11.6 Å². The average Bonchev–Trinajstić information content (AvgIpc) is 2.54. The number of nitrogens with zero attached hydrogens (tertiary/aromatic N) is 3. The van der Waals surface area contributed by atoms with Gasteiger partial charge in [-0.1, -0.05) is 29.8 Å². The van der Waals surface area contributed by atoms with Crippen molar-refractivity contribution in [3.63, 3.8) is 0 Å². The van der Waals surface area contributed by atoms with Gasteiger partial charge in [0, 0.05) is 5.02 Å².